The van der Waals surface area contributed by atoms with Crippen LogP contribution in [0.3, 0.4) is 0 Å². The lowest BCUT2D eigenvalue weighted by molar-refractivity contribution is 1.16. The van der Waals surface area contributed by atoms with E-state index in [1.165, 1.54) is 54.4 Å². The molecule has 0 saturated heterocycles. The maximum absolute atomic E-state index is 5.19. The summed E-state index contributed by atoms with van der Waals surface area (Å²) in [4.78, 5) is 5.19. The first-order valence-corrected chi connectivity index (χ1v) is 19.5. The van der Waals surface area contributed by atoms with Crippen molar-refractivity contribution < 1.29 is 0 Å². The van der Waals surface area contributed by atoms with Crippen molar-refractivity contribution in [2.24, 2.45) is 0 Å². The first kappa shape index (κ1) is 31.6. The molecule has 0 fully saturated rings. The number of benzene rings is 8. The van der Waals surface area contributed by atoms with Crippen LogP contribution in [0, 0.1) is 0 Å². The Morgan fingerprint density at radius 3 is 1.53 bits per heavy atom. The van der Waals surface area contributed by atoms with Crippen LogP contribution in [0.15, 0.2) is 206 Å². The average molecular weight is 727 g/mol. The van der Waals surface area contributed by atoms with E-state index in [2.05, 4.69) is 214 Å². The van der Waals surface area contributed by atoms with E-state index in [9.17, 15) is 0 Å². The zero-order valence-electron chi connectivity index (χ0n) is 30.9. The predicted octanol–water partition coefficient (Wildman–Crippen LogP) is 13.7. The molecular weight excluding hydrogens is 693 g/mol. The molecule has 0 radical (unpaired) electrons. The fourth-order valence-corrected chi connectivity index (χ4v) is 9.26. The summed E-state index contributed by atoms with van der Waals surface area (Å²) < 4.78 is 7.19. The lowest BCUT2D eigenvalue weighted by atomic mass is 10.0. The van der Waals surface area contributed by atoms with E-state index in [4.69, 9.17) is 4.98 Å². The zero-order chi connectivity index (χ0) is 37.5. The molecular formula is C53H34N4. The second-order valence-corrected chi connectivity index (χ2v) is 14.8. The molecule has 57 heavy (non-hydrogen) atoms. The van der Waals surface area contributed by atoms with Crippen LogP contribution in [0.2, 0.25) is 0 Å². The number of fused-ring (bicyclic) bond motifs is 9. The van der Waals surface area contributed by atoms with Gasteiger partial charge in [0.1, 0.15) is 0 Å². The van der Waals surface area contributed by atoms with Gasteiger partial charge in [0.05, 0.1) is 44.5 Å². The summed E-state index contributed by atoms with van der Waals surface area (Å²) in [7, 11) is 0. The molecule has 0 aliphatic heterocycles. The van der Waals surface area contributed by atoms with Gasteiger partial charge in [0.15, 0.2) is 0 Å². The van der Waals surface area contributed by atoms with E-state index in [-0.39, 0.29) is 0 Å². The maximum Gasteiger partial charge on any atom is 0.0723 e. The first-order chi connectivity index (χ1) is 28.3. The third-order valence-electron chi connectivity index (χ3n) is 11.7. The Balaban J connectivity index is 1.01. The lowest BCUT2D eigenvalue weighted by Crippen LogP contribution is -1.98. The largest absolute Gasteiger partial charge is 0.309 e. The molecule has 4 heteroatoms. The minimum Gasteiger partial charge on any atom is -0.309 e. The molecule has 12 rings (SSSR count). The van der Waals surface area contributed by atoms with Gasteiger partial charge in [-0.2, -0.15) is 0 Å². The van der Waals surface area contributed by atoms with Crippen LogP contribution in [0.4, 0.5) is 0 Å². The molecule has 0 aliphatic rings. The molecule has 4 heterocycles. The maximum atomic E-state index is 5.19. The number of aromatic nitrogens is 4. The van der Waals surface area contributed by atoms with E-state index in [0.29, 0.717) is 0 Å². The number of para-hydroxylation sites is 7. The highest BCUT2D eigenvalue weighted by atomic mass is 15.0. The van der Waals surface area contributed by atoms with Crippen LogP contribution >= 0.6 is 0 Å². The van der Waals surface area contributed by atoms with Crippen molar-refractivity contribution in [1.82, 2.24) is 18.7 Å². The Bertz CT molecular complexity index is 3460. The van der Waals surface area contributed by atoms with Gasteiger partial charge in [-0.1, -0.05) is 133 Å². The highest BCUT2D eigenvalue weighted by Gasteiger charge is 2.20. The molecule has 0 spiro atoms. The lowest BCUT2D eigenvalue weighted by Gasteiger charge is -2.15. The Morgan fingerprint density at radius 2 is 0.842 bits per heavy atom. The number of pyridine rings is 1. The van der Waals surface area contributed by atoms with Crippen LogP contribution in [-0.4, -0.2) is 18.7 Å². The second-order valence-electron chi connectivity index (χ2n) is 14.8. The molecule has 4 nitrogen and oxygen atoms in total. The van der Waals surface area contributed by atoms with Gasteiger partial charge >= 0.3 is 0 Å². The van der Waals surface area contributed by atoms with E-state index in [1.807, 2.05) is 6.20 Å². The standard InChI is InChI=1S/C53H34N4/c1-2-15-36(16-3-1)56-50-27-12-7-20-41(50)43-22-14-23-44(53(43)56)46-31-29-35(34-54-46)38-17-4-9-24-47(38)57-51-28-13-8-21-42(51)45-33-37(30-32-52(45)57)55-48-25-10-5-18-39(48)40-19-6-11-26-49(40)55/h1-34H. The van der Waals surface area contributed by atoms with E-state index < -0.39 is 0 Å². The van der Waals surface area contributed by atoms with Crippen molar-refractivity contribution in [2.45, 2.75) is 0 Å². The normalized spacial score (nSPS) is 11.9. The highest BCUT2D eigenvalue weighted by molar-refractivity contribution is 6.14. The summed E-state index contributed by atoms with van der Waals surface area (Å²) in [5.74, 6) is 0. The quantitative estimate of drug-likeness (QED) is 0.174. The van der Waals surface area contributed by atoms with Crippen LogP contribution in [0.1, 0.15) is 0 Å². The fourth-order valence-electron chi connectivity index (χ4n) is 9.26. The summed E-state index contributed by atoms with van der Waals surface area (Å²) in [6.07, 6.45) is 2.04. The van der Waals surface area contributed by atoms with Crippen LogP contribution in [0.25, 0.3) is 105 Å². The zero-order valence-corrected chi connectivity index (χ0v) is 30.9. The van der Waals surface area contributed by atoms with Crippen molar-refractivity contribution in [1.29, 1.82) is 0 Å². The van der Waals surface area contributed by atoms with Gasteiger partial charge in [0.2, 0.25) is 0 Å². The van der Waals surface area contributed by atoms with Crippen molar-refractivity contribution in [3.8, 4) is 39.4 Å². The van der Waals surface area contributed by atoms with Crippen LogP contribution < -0.4 is 0 Å². The fraction of sp³-hybridized carbons (Fsp3) is 0. The summed E-state index contributed by atoms with van der Waals surface area (Å²) >= 11 is 0. The third kappa shape index (κ3) is 4.71. The molecule has 0 aliphatic carbocycles. The number of hydrogen-bond acceptors (Lipinski definition) is 1. The molecule has 266 valence electrons. The van der Waals surface area contributed by atoms with Gasteiger partial charge in [0.25, 0.3) is 0 Å². The molecule has 0 N–H and O–H groups in total. The summed E-state index contributed by atoms with van der Waals surface area (Å²) in [5, 5.41) is 7.42. The van der Waals surface area contributed by atoms with Crippen LogP contribution in [0.5, 0.6) is 0 Å². The smallest absolute Gasteiger partial charge is 0.0723 e. The highest BCUT2D eigenvalue weighted by Crippen LogP contribution is 2.41. The van der Waals surface area contributed by atoms with E-state index in [0.717, 1.165) is 50.5 Å². The molecule has 4 aromatic heterocycles. The van der Waals surface area contributed by atoms with Crippen molar-refractivity contribution in [3.63, 3.8) is 0 Å². The monoisotopic (exact) mass is 726 g/mol. The Hall–Kier alpha value is -7.69. The Morgan fingerprint density at radius 1 is 0.316 bits per heavy atom. The molecule has 0 amide bonds. The van der Waals surface area contributed by atoms with Crippen LogP contribution in [-0.2, 0) is 0 Å². The average Bonchev–Trinajstić information content (AvgIpc) is 3.92. The van der Waals surface area contributed by atoms with E-state index in [1.54, 1.807) is 0 Å². The van der Waals surface area contributed by atoms with Gasteiger partial charge in [0, 0.05) is 66.6 Å². The van der Waals surface area contributed by atoms with Crippen molar-refractivity contribution >= 4 is 65.4 Å². The minimum absolute atomic E-state index is 0.941. The van der Waals surface area contributed by atoms with Gasteiger partial charge in [-0.15, -0.1) is 0 Å². The molecule has 0 atom stereocenters. The number of rotatable bonds is 5. The van der Waals surface area contributed by atoms with Crippen molar-refractivity contribution in [3.05, 3.63) is 206 Å². The molecule has 0 bridgehead atoms. The summed E-state index contributed by atoms with van der Waals surface area (Å²) in [6.45, 7) is 0. The van der Waals surface area contributed by atoms with Gasteiger partial charge < -0.3 is 13.7 Å². The van der Waals surface area contributed by atoms with Crippen molar-refractivity contribution in [2.75, 3.05) is 0 Å². The third-order valence-corrected chi connectivity index (χ3v) is 11.7. The summed E-state index contributed by atoms with van der Waals surface area (Å²) in [6, 6.07) is 72.1. The minimum atomic E-state index is 0.941. The van der Waals surface area contributed by atoms with E-state index >= 15 is 0 Å². The topological polar surface area (TPSA) is 27.7 Å². The molecule has 0 unspecified atom stereocenters. The Kier molecular flexibility index (Phi) is 6.89. The number of hydrogen-bond donors (Lipinski definition) is 0. The SMILES string of the molecule is c1ccc(-n2c3ccccc3c3cccc(-c4ccc(-c5ccccc5-n5c6ccccc6c6cc(-n7c8ccccc8c8ccccc87)ccc65)cn4)c32)cc1. The molecule has 12 aromatic rings. The number of nitrogens with zero attached hydrogens (tertiary/aromatic N) is 4. The Labute approximate surface area is 328 Å². The first-order valence-electron chi connectivity index (χ1n) is 19.5. The molecule has 0 saturated carbocycles. The second kappa shape index (κ2) is 12.4. The van der Waals surface area contributed by atoms with Gasteiger partial charge in [-0.3, -0.25) is 4.98 Å². The van der Waals surface area contributed by atoms with Gasteiger partial charge in [-0.25, -0.2) is 0 Å². The predicted molar refractivity (Wildman–Crippen MR) is 238 cm³/mol. The molecule has 8 aromatic carbocycles. The summed E-state index contributed by atoms with van der Waals surface area (Å²) in [5.41, 5.74) is 14.7. The van der Waals surface area contributed by atoms with Gasteiger partial charge in [-0.05, 0) is 66.7 Å².